The van der Waals surface area contributed by atoms with Crippen LogP contribution in [0.2, 0.25) is 0 Å². The van der Waals surface area contributed by atoms with Crippen molar-refractivity contribution < 1.29 is 14.2 Å². The Morgan fingerprint density at radius 2 is 1.90 bits per heavy atom. The topological polar surface area (TPSA) is 39.7 Å². The zero-order chi connectivity index (χ0) is 14.8. The van der Waals surface area contributed by atoms with E-state index in [0.29, 0.717) is 25.7 Å². The van der Waals surface area contributed by atoms with Crippen molar-refractivity contribution in [1.29, 1.82) is 0 Å². The summed E-state index contributed by atoms with van der Waals surface area (Å²) >= 11 is 0. The van der Waals surface area contributed by atoms with Crippen LogP contribution >= 0.6 is 0 Å². The molecular formula is C16H27NO3. The zero-order valence-corrected chi connectivity index (χ0v) is 13.1. The fourth-order valence-corrected chi connectivity index (χ4v) is 1.88. The number of hydrogen-bond donors (Lipinski definition) is 1. The molecule has 1 rings (SSSR count). The number of nitrogens with one attached hydrogen (secondary N) is 1. The van der Waals surface area contributed by atoms with Crippen molar-refractivity contribution in [3.8, 4) is 5.75 Å². The van der Waals surface area contributed by atoms with E-state index in [1.807, 2.05) is 13.1 Å². The molecule has 0 radical (unpaired) electrons. The average Bonchev–Trinajstić information content (AvgIpc) is 2.43. The van der Waals surface area contributed by atoms with Gasteiger partial charge in [0.2, 0.25) is 0 Å². The molecule has 0 heterocycles. The summed E-state index contributed by atoms with van der Waals surface area (Å²) < 4.78 is 16.5. The largest absolute Gasteiger partial charge is 0.496 e. The summed E-state index contributed by atoms with van der Waals surface area (Å²) in [4.78, 5) is 0. The van der Waals surface area contributed by atoms with E-state index < -0.39 is 0 Å². The van der Waals surface area contributed by atoms with Crippen molar-refractivity contribution in [1.82, 2.24) is 5.32 Å². The molecule has 0 unspecified atom stereocenters. The molecule has 114 valence electrons. The Hall–Kier alpha value is -1.10. The van der Waals surface area contributed by atoms with E-state index in [2.05, 4.69) is 31.3 Å². The molecule has 0 amide bonds. The second kappa shape index (κ2) is 9.75. The van der Waals surface area contributed by atoms with Gasteiger partial charge in [0.05, 0.1) is 26.9 Å². The van der Waals surface area contributed by atoms with Crippen molar-refractivity contribution in [2.75, 3.05) is 34.0 Å². The molecule has 0 spiro atoms. The van der Waals surface area contributed by atoms with Gasteiger partial charge in [-0.2, -0.15) is 0 Å². The van der Waals surface area contributed by atoms with Crippen LogP contribution in [0.4, 0.5) is 0 Å². The van der Waals surface area contributed by atoms with Crippen LogP contribution in [0.1, 0.15) is 25.0 Å². The molecule has 0 aliphatic carbocycles. The lowest BCUT2D eigenvalue weighted by atomic mass is 10.1. The summed E-state index contributed by atoms with van der Waals surface area (Å²) in [6.45, 7) is 7.69. The molecule has 1 N–H and O–H groups in total. The summed E-state index contributed by atoms with van der Waals surface area (Å²) in [6.07, 6.45) is 0. The third-order valence-electron chi connectivity index (χ3n) is 2.81. The van der Waals surface area contributed by atoms with E-state index in [9.17, 15) is 0 Å². The van der Waals surface area contributed by atoms with Gasteiger partial charge in [-0.25, -0.2) is 0 Å². The highest BCUT2D eigenvalue weighted by molar-refractivity contribution is 5.36. The second-order valence-corrected chi connectivity index (χ2v) is 5.20. The molecule has 1 aromatic carbocycles. The van der Waals surface area contributed by atoms with E-state index in [-0.39, 0.29) is 0 Å². The maximum absolute atomic E-state index is 5.65. The smallest absolute Gasteiger partial charge is 0.124 e. The Morgan fingerprint density at radius 1 is 1.15 bits per heavy atom. The van der Waals surface area contributed by atoms with E-state index in [4.69, 9.17) is 14.2 Å². The molecule has 0 aliphatic heterocycles. The normalized spacial score (nSPS) is 11.1. The number of methoxy groups -OCH3 is 1. The molecule has 1 aromatic rings. The molecule has 0 atom stereocenters. The average molecular weight is 281 g/mol. The maximum atomic E-state index is 5.65. The van der Waals surface area contributed by atoms with Crippen molar-refractivity contribution >= 4 is 0 Å². The SMILES string of the molecule is CNCc1ccc(OC)c(COCCOCC(C)C)c1. The summed E-state index contributed by atoms with van der Waals surface area (Å²) in [6, 6.07) is 6.16. The molecule has 0 fully saturated rings. The van der Waals surface area contributed by atoms with Crippen LogP contribution in [0.15, 0.2) is 18.2 Å². The van der Waals surface area contributed by atoms with Gasteiger partial charge in [0.1, 0.15) is 5.75 Å². The van der Waals surface area contributed by atoms with E-state index in [1.165, 1.54) is 5.56 Å². The lowest BCUT2D eigenvalue weighted by molar-refractivity contribution is 0.0309. The highest BCUT2D eigenvalue weighted by Gasteiger charge is 2.05. The predicted molar refractivity (Wildman–Crippen MR) is 81.1 cm³/mol. The van der Waals surface area contributed by atoms with Gasteiger partial charge in [-0.15, -0.1) is 0 Å². The first kappa shape index (κ1) is 17.0. The Labute approximate surface area is 122 Å². The van der Waals surface area contributed by atoms with Crippen LogP contribution < -0.4 is 10.1 Å². The highest BCUT2D eigenvalue weighted by atomic mass is 16.5. The van der Waals surface area contributed by atoms with Gasteiger partial charge in [0.25, 0.3) is 0 Å². The monoisotopic (exact) mass is 281 g/mol. The molecule has 0 aliphatic rings. The number of benzene rings is 1. The van der Waals surface area contributed by atoms with Crippen LogP contribution in [0.3, 0.4) is 0 Å². The second-order valence-electron chi connectivity index (χ2n) is 5.20. The van der Waals surface area contributed by atoms with Crippen LogP contribution in [-0.2, 0) is 22.6 Å². The van der Waals surface area contributed by atoms with Gasteiger partial charge in [0, 0.05) is 18.7 Å². The van der Waals surface area contributed by atoms with E-state index >= 15 is 0 Å². The fourth-order valence-electron chi connectivity index (χ4n) is 1.88. The van der Waals surface area contributed by atoms with E-state index in [1.54, 1.807) is 7.11 Å². The third-order valence-corrected chi connectivity index (χ3v) is 2.81. The number of rotatable bonds is 10. The van der Waals surface area contributed by atoms with Crippen molar-refractivity contribution in [2.45, 2.75) is 27.0 Å². The molecule has 0 aromatic heterocycles. The molecule has 0 bridgehead atoms. The maximum Gasteiger partial charge on any atom is 0.124 e. The lowest BCUT2D eigenvalue weighted by Crippen LogP contribution is -2.09. The van der Waals surface area contributed by atoms with Crippen molar-refractivity contribution in [3.05, 3.63) is 29.3 Å². The zero-order valence-electron chi connectivity index (χ0n) is 13.1. The molecule has 4 nitrogen and oxygen atoms in total. The molecular weight excluding hydrogens is 254 g/mol. The standard InChI is InChI=1S/C16H27NO3/c1-13(2)11-19-7-8-20-12-15-9-14(10-17-3)5-6-16(15)18-4/h5-6,9,13,17H,7-8,10-12H2,1-4H3. The van der Waals surface area contributed by atoms with Gasteiger partial charge < -0.3 is 19.5 Å². The summed E-state index contributed by atoms with van der Waals surface area (Å²) in [5.41, 5.74) is 2.30. The van der Waals surface area contributed by atoms with Crippen LogP contribution in [0.25, 0.3) is 0 Å². The third kappa shape index (κ3) is 6.37. The molecule has 20 heavy (non-hydrogen) atoms. The minimum atomic E-state index is 0.547. The number of ether oxygens (including phenoxy) is 3. The van der Waals surface area contributed by atoms with Crippen molar-refractivity contribution in [3.63, 3.8) is 0 Å². The Kier molecular flexibility index (Phi) is 8.26. The molecule has 4 heteroatoms. The minimum absolute atomic E-state index is 0.547. The highest BCUT2D eigenvalue weighted by Crippen LogP contribution is 2.20. The first-order chi connectivity index (χ1) is 9.67. The quantitative estimate of drug-likeness (QED) is 0.669. The van der Waals surface area contributed by atoms with Crippen LogP contribution in [0.5, 0.6) is 5.75 Å². The summed E-state index contributed by atoms with van der Waals surface area (Å²) in [7, 11) is 3.62. The first-order valence-corrected chi connectivity index (χ1v) is 7.13. The van der Waals surface area contributed by atoms with Gasteiger partial charge in [-0.05, 0) is 30.7 Å². The first-order valence-electron chi connectivity index (χ1n) is 7.13. The van der Waals surface area contributed by atoms with Gasteiger partial charge >= 0.3 is 0 Å². The Balaban J connectivity index is 2.39. The lowest BCUT2D eigenvalue weighted by Gasteiger charge is -2.12. The van der Waals surface area contributed by atoms with Gasteiger partial charge in [-0.1, -0.05) is 19.9 Å². The summed E-state index contributed by atoms with van der Waals surface area (Å²) in [5.74, 6) is 1.43. The minimum Gasteiger partial charge on any atom is -0.496 e. The van der Waals surface area contributed by atoms with Gasteiger partial charge in [-0.3, -0.25) is 0 Å². The molecule has 0 saturated carbocycles. The summed E-state index contributed by atoms with van der Waals surface area (Å²) in [5, 5.41) is 3.14. The van der Waals surface area contributed by atoms with E-state index in [0.717, 1.165) is 24.5 Å². The predicted octanol–water partition coefficient (Wildman–Crippen LogP) is 2.60. The van der Waals surface area contributed by atoms with Crippen LogP contribution in [0, 0.1) is 5.92 Å². The van der Waals surface area contributed by atoms with Crippen LogP contribution in [-0.4, -0.2) is 34.0 Å². The number of hydrogen-bond acceptors (Lipinski definition) is 4. The Morgan fingerprint density at radius 3 is 2.55 bits per heavy atom. The Bertz CT molecular complexity index is 380. The van der Waals surface area contributed by atoms with Gasteiger partial charge in [0.15, 0.2) is 0 Å². The van der Waals surface area contributed by atoms with Crippen molar-refractivity contribution in [2.24, 2.45) is 5.92 Å². The molecule has 0 saturated heterocycles. The fraction of sp³-hybridized carbons (Fsp3) is 0.625.